The molecule has 20 heavy (non-hydrogen) atoms. The lowest BCUT2D eigenvalue weighted by molar-refractivity contribution is -0.151. The van der Waals surface area contributed by atoms with Crippen LogP contribution in [0.15, 0.2) is 18.2 Å². The Morgan fingerprint density at radius 3 is 2.40 bits per heavy atom. The Hall–Kier alpha value is -1.55. The van der Waals surface area contributed by atoms with E-state index < -0.39 is 5.97 Å². The van der Waals surface area contributed by atoms with Gasteiger partial charge in [0.05, 0.1) is 19.4 Å². The van der Waals surface area contributed by atoms with Gasteiger partial charge in [0, 0.05) is 5.02 Å². The molecule has 0 aliphatic carbocycles. The average Bonchev–Trinajstić information content (AvgIpc) is 2.41. The molecule has 0 N–H and O–H groups in total. The SMILES string of the molecule is CCCOC(=O)CCC(=O)OCc1ccc(Cl)cc1C. The maximum Gasteiger partial charge on any atom is 0.306 e. The van der Waals surface area contributed by atoms with Gasteiger partial charge in [-0.05, 0) is 36.6 Å². The van der Waals surface area contributed by atoms with E-state index in [0.717, 1.165) is 17.5 Å². The predicted octanol–water partition coefficient (Wildman–Crippen LogP) is 3.43. The fourth-order valence-electron chi connectivity index (χ4n) is 1.54. The van der Waals surface area contributed by atoms with Gasteiger partial charge in [-0.3, -0.25) is 9.59 Å². The molecule has 1 aromatic carbocycles. The maximum atomic E-state index is 11.5. The molecule has 0 spiro atoms. The first kappa shape index (κ1) is 16.5. The number of carbonyl (C=O) groups is 2. The number of aryl methyl sites for hydroxylation is 1. The molecule has 5 heteroatoms. The highest BCUT2D eigenvalue weighted by Gasteiger charge is 2.09. The fraction of sp³-hybridized carbons (Fsp3) is 0.467. The number of rotatable bonds is 7. The topological polar surface area (TPSA) is 52.6 Å². The van der Waals surface area contributed by atoms with Crippen LogP contribution in [0.25, 0.3) is 0 Å². The van der Waals surface area contributed by atoms with Crippen LogP contribution >= 0.6 is 11.6 Å². The van der Waals surface area contributed by atoms with E-state index in [1.807, 2.05) is 26.0 Å². The van der Waals surface area contributed by atoms with E-state index in [-0.39, 0.29) is 25.4 Å². The molecule has 0 heterocycles. The van der Waals surface area contributed by atoms with Crippen molar-refractivity contribution < 1.29 is 19.1 Å². The normalized spacial score (nSPS) is 10.2. The molecule has 0 aliphatic heterocycles. The van der Waals surface area contributed by atoms with Crippen molar-refractivity contribution in [2.24, 2.45) is 0 Å². The summed E-state index contributed by atoms with van der Waals surface area (Å²) in [4.78, 5) is 22.7. The van der Waals surface area contributed by atoms with Crippen molar-refractivity contribution in [1.29, 1.82) is 0 Å². The predicted molar refractivity (Wildman–Crippen MR) is 76.5 cm³/mol. The first-order valence-corrected chi connectivity index (χ1v) is 6.97. The van der Waals surface area contributed by atoms with Crippen molar-refractivity contribution in [3.63, 3.8) is 0 Å². The molecule has 0 saturated heterocycles. The van der Waals surface area contributed by atoms with E-state index in [4.69, 9.17) is 21.1 Å². The Morgan fingerprint density at radius 2 is 1.80 bits per heavy atom. The summed E-state index contributed by atoms with van der Waals surface area (Å²) < 4.78 is 9.99. The zero-order chi connectivity index (χ0) is 15.0. The highest BCUT2D eigenvalue weighted by atomic mass is 35.5. The minimum absolute atomic E-state index is 0.0369. The second kappa shape index (κ2) is 8.59. The molecule has 1 aromatic rings. The molecule has 0 fully saturated rings. The lowest BCUT2D eigenvalue weighted by Gasteiger charge is -2.08. The van der Waals surface area contributed by atoms with Crippen molar-refractivity contribution in [2.45, 2.75) is 39.7 Å². The summed E-state index contributed by atoms with van der Waals surface area (Å²) in [6.45, 7) is 4.39. The van der Waals surface area contributed by atoms with Crippen LogP contribution in [-0.4, -0.2) is 18.5 Å². The van der Waals surface area contributed by atoms with Crippen molar-refractivity contribution in [2.75, 3.05) is 6.61 Å². The summed E-state index contributed by atoms with van der Waals surface area (Å²) in [5.41, 5.74) is 1.86. The minimum Gasteiger partial charge on any atom is -0.466 e. The summed E-state index contributed by atoms with van der Waals surface area (Å²) in [5, 5.41) is 0.649. The smallest absolute Gasteiger partial charge is 0.306 e. The summed E-state index contributed by atoms with van der Waals surface area (Å²) in [6.07, 6.45) is 0.861. The van der Waals surface area contributed by atoms with Crippen LogP contribution in [0, 0.1) is 6.92 Å². The number of esters is 2. The van der Waals surface area contributed by atoms with Crippen LogP contribution in [0.3, 0.4) is 0 Å². The Labute approximate surface area is 124 Å². The monoisotopic (exact) mass is 298 g/mol. The lowest BCUT2D eigenvalue weighted by atomic mass is 10.1. The average molecular weight is 299 g/mol. The molecule has 0 aromatic heterocycles. The van der Waals surface area contributed by atoms with Gasteiger partial charge in [0.15, 0.2) is 0 Å². The van der Waals surface area contributed by atoms with E-state index in [0.29, 0.717) is 11.6 Å². The molecule has 1 rings (SSSR count). The van der Waals surface area contributed by atoms with Gasteiger partial charge in [-0.25, -0.2) is 0 Å². The Kier molecular flexibility index (Phi) is 7.09. The largest absolute Gasteiger partial charge is 0.466 e. The molecule has 0 radical (unpaired) electrons. The van der Waals surface area contributed by atoms with Gasteiger partial charge >= 0.3 is 11.9 Å². The third-order valence-electron chi connectivity index (χ3n) is 2.69. The third kappa shape index (κ3) is 6.06. The van der Waals surface area contributed by atoms with Gasteiger partial charge in [0.25, 0.3) is 0 Å². The fourth-order valence-corrected chi connectivity index (χ4v) is 1.77. The molecule has 0 bridgehead atoms. The number of carbonyl (C=O) groups excluding carboxylic acids is 2. The second-order valence-corrected chi connectivity index (χ2v) is 4.89. The maximum absolute atomic E-state index is 11.5. The van der Waals surface area contributed by atoms with Gasteiger partial charge in [-0.15, -0.1) is 0 Å². The van der Waals surface area contributed by atoms with Crippen LogP contribution in [0.4, 0.5) is 0 Å². The van der Waals surface area contributed by atoms with E-state index in [9.17, 15) is 9.59 Å². The molecule has 4 nitrogen and oxygen atoms in total. The standard InChI is InChI=1S/C15H19ClO4/c1-3-8-19-14(17)6-7-15(18)20-10-12-4-5-13(16)9-11(12)2/h4-5,9H,3,6-8,10H2,1-2H3. The lowest BCUT2D eigenvalue weighted by Crippen LogP contribution is -2.11. The Morgan fingerprint density at radius 1 is 1.15 bits per heavy atom. The van der Waals surface area contributed by atoms with Crippen LogP contribution in [0.1, 0.15) is 37.3 Å². The van der Waals surface area contributed by atoms with Crippen molar-refractivity contribution in [1.82, 2.24) is 0 Å². The highest BCUT2D eigenvalue weighted by molar-refractivity contribution is 6.30. The van der Waals surface area contributed by atoms with Gasteiger partial charge < -0.3 is 9.47 Å². The van der Waals surface area contributed by atoms with Crippen LogP contribution < -0.4 is 0 Å². The quantitative estimate of drug-likeness (QED) is 0.724. The molecule has 0 saturated carbocycles. The number of halogens is 1. The van der Waals surface area contributed by atoms with Crippen LogP contribution in [0.5, 0.6) is 0 Å². The molecule has 0 atom stereocenters. The highest BCUT2D eigenvalue weighted by Crippen LogP contribution is 2.16. The molecular weight excluding hydrogens is 280 g/mol. The number of benzene rings is 1. The van der Waals surface area contributed by atoms with Crippen molar-refractivity contribution in [3.05, 3.63) is 34.3 Å². The van der Waals surface area contributed by atoms with Gasteiger partial charge in [0.1, 0.15) is 6.61 Å². The summed E-state index contributed by atoms with van der Waals surface area (Å²) in [5.74, 6) is -0.778. The van der Waals surface area contributed by atoms with Crippen LogP contribution in [0.2, 0.25) is 5.02 Å². The van der Waals surface area contributed by atoms with E-state index >= 15 is 0 Å². The van der Waals surface area contributed by atoms with Crippen molar-refractivity contribution in [3.8, 4) is 0 Å². The molecule has 0 amide bonds. The third-order valence-corrected chi connectivity index (χ3v) is 2.93. The number of ether oxygens (including phenoxy) is 2. The van der Waals surface area contributed by atoms with Gasteiger partial charge in [-0.1, -0.05) is 24.6 Å². The minimum atomic E-state index is -0.409. The second-order valence-electron chi connectivity index (χ2n) is 4.45. The molecule has 0 aliphatic rings. The zero-order valence-electron chi connectivity index (χ0n) is 11.8. The van der Waals surface area contributed by atoms with E-state index in [2.05, 4.69) is 0 Å². The van der Waals surface area contributed by atoms with E-state index in [1.165, 1.54) is 0 Å². The number of hydrogen-bond acceptors (Lipinski definition) is 4. The number of hydrogen-bond donors (Lipinski definition) is 0. The zero-order valence-corrected chi connectivity index (χ0v) is 12.5. The first-order chi connectivity index (χ1) is 9.52. The molecule has 110 valence electrons. The Balaban J connectivity index is 2.31. The first-order valence-electron chi connectivity index (χ1n) is 6.59. The summed E-state index contributed by atoms with van der Waals surface area (Å²) >= 11 is 5.85. The van der Waals surface area contributed by atoms with Gasteiger partial charge in [-0.2, -0.15) is 0 Å². The van der Waals surface area contributed by atoms with E-state index in [1.54, 1.807) is 6.07 Å². The Bertz CT molecular complexity index is 471. The van der Waals surface area contributed by atoms with Gasteiger partial charge in [0.2, 0.25) is 0 Å². The van der Waals surface area contributed by atoms with Crippen molar-refractivity contribution >= 4 is 23.5 Å². The molecule has 0 unspecified atom stereocenters. The summed E-state index contributed by atoms with van der Waals surface area (Å²) in [7, 11) is 0. The molecular formula is C15H19ClO4. The van der Waals surface area contributed by atoms with Crippen LogP contribution in [-0.2, 0) is 25.7 Å². The summed E-state index contributed by atoms with van der Waals surface area (Å²) in [6, 6.07) is 5.38.